The minimum absolute atomic E-state index is 0.205. The van der Waals surface area contributed by atoms with Gasteiger partial charge in [-0.25, -0.2) is 0 Å². The average molecular weight is 223 g/mol. The summed E-state index contributed by atoms with van der Waals surface area (Å²) in [5.41, 5.74) is 0.973. The summed E-state index contributed by atoms with van der Waals surface area (Å²) in [6, 6.07) is 4.04. The van der Waals surface area contributed by atoms with Crippen molar-refractivity contribution >= 4 is 0 Å². The normalized spacial score (nSPS) is 12.8. The van der Waals surface area contributed by atoms with E-state index < -0.39 is 0 Å². The molecule has 0 aromatic carbocycles. The third kappa shape index (κ3) is 3.47. The van der Waals surface area contributed by atoms with Gasteiger partial charge in [-0.05, 0) is 32.8 Å². The fourth-order valence-electron chi connectivity index (χ4n) is 1.70. The van der Waals surface area contributed by atoms with Crippen LogP contribution < -0.4 is 10.1 Å². The lowest BCUT2D eigenvalue weighted by Crippen LogP contribution is -2.32. The largest absolute Gasteiger partial charge is 0.495 e. The van der Waals surface area contributed by atoms with E-state index in [1.807, 2.05) is 12.1 Å². The van der Waals surface area contributed by atoms with Crippen LogP contribution >= 0.6 is 0 Å². The Morgan fingerprint density at radius 2 is 2.25 bits per heavy atom. The molecule has 0 aliphatic carbocycles. The Morgan fingerprint density at radius 1 is 1.50 bits per heavy atom. The second-order valence-electron chi connectivity index (χ2n) is 3.96. The minimum Gasteiger partial charge on any atom is -0.495 e. The molecule has 0 radical (unpaired) electrons. The zero-order valence-corrected chi connectivity index (χ0v) is 10.5. The molecule has 1 atom stereocenters. The predicted molar refractivity (Wildman–Crippen MR) is 65.8 cm³/mol. The smallest absolute Gasteiger partial charge is 0.142 e. The molecule has 0 saturated heterocycles. The quantitative estimate of drug-likeness (QED) is 0.789. The van der Waals surface area contributed by atoms with E-state index in [0.717, 1.165) is 24.5 Å². The third-order valence-corrected chi connectivity index (χ3v) is 2.35. The number of nitrogens with one attached hydrogen (secondary N) is 1. The summed E-state index contributed by atoms with van der Waals surface area (Å²) < 4.78 is 5.33. The first kappa shape index (κ1) is 12.9. The van der Waals surface area contributed by atoms with Gasteiger partial charge in [-0.1, -0.05) is 6.92 Å². The van der Waals surface area contributed by atoms with Gasteiger partial charge in [0.25, 0.3) is 0 Å². The highest BCUT2D eigenvalue weighted by molar-refractivity contribution is 5.29. The van der Waals surface area contributed by atoms with Gasteiger partial charge in [0.05, 0.1) is 13.2 Å². The highest BCUT2D eigenvalue weighted by Gasteiger charge is 2.16. The molecule has 0 saturated carbocycles. The third-order valence-electron chi connectivity index (χ3n) is 2.35. The van der Waals surface area contributed by atoms with Crippen LogP contribution in [0.1, 0.15) is 18.7 Å². The Bertz CT molecular complexity index is 315. The van der Waals surface area contributed by atoms with E-state index in [2.05, 4.69) is 36.2 Å². The molecule has 0 aliphatic heterocycles. The number of methoxy groups -OCH3 is 1. The second-order valence-corrected chi connectivity index (χ2v) is 3.96. The summed E-state index contributed by atoms with van der Waals surface area (Å²) in [6.45, 7) is 3.91. The fourth-order valence-corrected chi connectivity index (χ4v) is 1.70. The minimum atomic E-state index is 0.205. The summed E-state index contributed by atoms with van der Waals surface area (Å²) in [7, 11) is 5.79. The first-order valence-corrected chi connectivity index (χ1v) is 5.56. The van der Waals surface area contributed by atoms with Crippen molar-refractivity contribution in [2.24, 2.45) is 0 Å². The van der Waals surface area contributed by atoms with Crippen LogP contribution in [0.5, 0.6) is 5.75 Å². The Hall–Kier alpha value is -1.13. The van der Waals surface area contributed by atoms with Crippen molar-refractivity contribution < 1.29 is 4.74 Å². The number of pyridine rings is 1. The summed E-state index contributed by atoms with van der Waals surface area (Å²) in [5.74, 6) is 0.843. The Morgan fingerprint density at radius 3 is 2.81 bits per heavy atom. The first-order chi connectivity index (χ1) is 7.69. The van der Waals surface area contributed by atoms with Gasteiger partial charge in [-0.3, -0.25) is 4.98 Å². The molecule has 1 aromatic rings. The van der Waals surface area contributed by atoms with Crippen LogP contribution in [0.15, 0.2) is 18.3 Å². The number of aromatic nitrogens is 1. The van der Waals surface area contributed by atoms with Gasteiger partial charge in [-0.15, -0.1) is 0 Å². The lowest BCUT2D eigenvalue weighted by atomic mass is 10.1. The number of nitrogens with zero attached hydrogens (tertiary/aromatic N) is 2. The fraction of sp³-hybridized carbons (Fsp3) is 0.583. The van der Waals surface area contributed by atoms with E-state index >= 15 is 0 Å². The van der Waals surface area contributed by atoms with Crippen molar-refractivity contribution in [2.75, 3.05) is 34.3 Å². The summed E-state index contributed by atoms with van der Waals surface area (Å²) in [6.07, 6.45) is 1.80. The molecule has 4 nitrogen and oxygen atoms in total. The van der Waals surface area contributed by atoms with E-state index in [1.54, 1.807) is 13.3 Å². The van der Waals surface area contributed by atoms with Crippen LogP contribution in [-0.2, 0) is 0 Å². The van der Waals surface area contributed by atoms with Gasteiger partial charge in [0, 0.05) is 12.7 Å². The van der Waals surface area contributed by atoms with Crippen LogP contribution in [0, 0.1) is 0 Å². The second kappa shape index (κ2) is 6.45. The average Bonchev–Trinajstić information content (AvgIpc) is 2.28. The van der Waals surface area contributed by atoms with Gasteiger partial charge >= 0.3 is 0 Å². The van der Waals surface area contributed by atoms with Crippen molar-refractivity contribution in [1.82, 2.24) is 15.2 Å². The van der Waals surface area contributed by atoms with E-state index in [-0.39, 0.29) is 6.04 Å². The van der Waals surface area contributed by atoms with Gasteiger partial charge in [-0.2, -0.15) is 0 Å². The zero-order chi connectivity index (χ0) is 12.0. The molecule has 0 bridgehead atoms. The molecule has 16 heavy (non-hydrogen) atoms. The van der Waals surface area contributed by atoms with Crippen LogP contribution in [0.4, 0.5) is 0 Å². The molecule has 0 amide bonds. The van der Waals surface area contributed by atoms with E-state index in [9.17, 15) is 0 Å². The van der Waals surface area contributed by atoms with Gasteiger partial charge in [0.2, 0.25) is 0 Å². The highest BCUT2D eigenvalue weighted by atomic mass is 16.5. The van der Waals surface area contributed by atoms with Crippen molar-refractivity contribution in [3.8, 4) is 5.75 Å². The van der Waals surface area contributed by atoms with E-state index in [1.165, 1.54) is 0 Å². The Balaban J connectivity index is 2.90. The number of likely N-dealkylation sites (N-methyl/N-ethyl adjacent to an activating group) is 2. The van der Waals surface area contributed by atoms with Crippen LogP contribution in [0.25, 0.3) is 0 Å². The van der Waals surface area contributed by atoms with E-state index in [0.29, 0.717) is 0 Å². The van der Waals surface area contributed by atoms with Crippen molar-refractivity contribution in [2.45, 2.75) is 13.0 Å². The first-order valence-electron chi connectivity index (χ1n) is 5.56. The van der Waals surface area contributed by atoms with Crippen molar-refractivity contribution in [3.63, 3.8) is 0 Å². The lowest BCUT2D eigenvalue weighted by molar-refractivity contribution is 0.329. The Labute approximate surface area is 97.6 Å². The molecular formula is C12H21N3O. The molecule has 4 heteroatoms. The molecular weight excluding hydrogens is 202 g/mol. The number of ether oxygens (including phenoxy) is 1. The monoisotopic (exact) mass is 223 g/mol. The number of rotatable bonds is 6. The highest BCUT2D eigenvalue weighted by Crippen LogP contribution is 2.22. The van der Waals surface area contributed by atoms with Crippen LogP contribution in [-0.4, -0.2) is 44.2 Å². The van der Waals surface area contributed by atoms with Gasteiger partial charge in [0.15, 0.2) is 0 Å². The number of hydrogen-bond donors (Lipinski definition) is 1. The number of hydrogen-bond acceptors (Lipinski definition) is 4. The summed E-state index contributed by atoms with van der Waals surface area (Å²) in [5, 5.41) is 3.42. The van der Waals surface area contributed by atoms with Crippen molar-refractivity contribution in [1.29, 1.82) is 0 Å². The molecule has 0 fully saturated rings. The SMILES string of the molecule is CCNC(CN(C)C)c1ncccc1OC. The van der Waals surface area contributed by atoms with Gasteiger partial charge < -0.3 is 15.0 Å². The maximum atomic E-state index is 5.33. The van der Waals surface area contributed by atoms with Gasteiger partial charge in [0.1, 0.15) is 11.4 Å². The molecule has 1 aromatic heterocycles. The topological polar surface area (TPSA) is 37.4 Å². The molecule has 1 heterocycles. The standard InChI is InChI=1S/C12H21N3O/c1-5-13-10(9-15(2)3)12-11(16-4)7-6-8-14-12/h6-8,10,13H,5,9H2,1-4H3. The molecule has 90 valence electrons. The predicted octanol–water partition coefficient (Wildman–Crippen LogP) is 1.30. The summed E-state index contributed by atoms with van der Waals surface area (Å²) in [4.78, 5) is 6.55. The molecule has 1 rings (SSSR count). The lowest BCUT2D eigenvalue weighted by Gasteiger charge is -2.22. The summed E-state index contributed by atoms with van der Waals surface area (Å²) >= 11 is 0. The van der Waals surface area contributed by atoms with Crippen LogP contribution in [0.3, 0.4) is 0 Å². The van der Waals surface area contributed by atoms with E-state index in [4.69, 9.17) is 4.74 Å². The van der Waals surface area contributed by atoms with Crippen LogP contribution in [0.2, 0.25) is 0 Å². The van der Waals surface area contributed by atoms with Crippen molar-refractivity contribution in [3.05, 3.63) is 24.0 Å². The molecule has 1 N–H and O–H groups in total. The maximum absolute atomic E-state index is 5.33. The Kier molecular flexibility index (Phi) is 5.22. The maximum Gasteiger partial charge on any atom is 0.142 e. The molecule has 0 aliphatic rings. The molecule has 0 spiro atoms. The zero-order valence-electron chi connectivity index (χ0n) is 10.5. The molecule has 1 unspecified atom stereocenters.